The third-order valence-electron chi connectivity index (χ3n) is 5.47. The summed E-state index contributed by atoms with van der Waals surface area (Å²) in [5.41, 5.74) is 1.05. The molecule has 5 nitrogen and oxygen atoms in total. The average Bonchev–Trinajstić information content (AvgIpc) is 2.69. The molecular weight excluding hydrogens is 312 g/mol. The molecule has 132 valence electrons. The molecule has 0 radical (unpaired) electrons. The summed E-state index contributed by atoms with van der Waals surface area (Å²) in [6.45, 7) is 3.89. The average molecular weight is 338 g/mol. The van der Waals surface area contributed by atoms with Crippen molar-refractivity contribution >= 4 is 5.82 Å². The monoisotopic (exact) mass is 338 g/mol. The Morgan fingerprint density at radius 3 is 2.44 bits per heavy atom. The highest BCUT2D eigenvalue weighted by Crippen LogP contribution is 2.25. The molecule has 1 aliphatic carbocycles. The van der Waals surface area contributed by atoms with Crippen molar-refractivity contribution in [1.29, 1.82) is 0 Å². The third kappa shape index (κ3) is 3.67. The molecule has 2 heterocycles. The van der Waals surface area contributed by atoms with Gasteiger partial charge in [0.25, 0.3) is 0 Å². The van der Waals surface area contributed by atoms with E-state index < -0.39 is 0 Å². The molecule has 1 aromatic carbocycles. The Labute approximate surface area is 149 Å². The van der Waals surface area contributed by atoms with Crippen LogP contribution < -0.4 is 4.90 Å². The summed E-state index contributed by atoms with van der Waals surface area (Å²) in [5.74, 6) is 1.78. The minimum atomic E-state index is -0.149. The molecule has 2 fully saturated rings. The van der Waals surface area contributed by atoms with Crippen LogP contribution >= 0.6 is 0 Å². The number of benzene rings is 1. The van der Waals surface area contributed by atoms with E-state index >= 15 is 0 Å². The van der Waals surface area contributed by atoms with Crippen molar-refractivity contribution in [2.45, 2.75) is 37.8 Å². The Hall–Kier alpha value is -1.98. The lowest BCUT2D eigenvalue weighted by Gasteiger charge is -2.43. The number of aromatic nitrogens is 2. The summed E-state index contributed by atoms with van der Waals surface area (Å²) in [4.78, 5) is 14.0. The highest BCUT2D eigenvalue weighted by Gasteiger charge is 2.31. The maximum Gasteiger partial charge on any atom is 0.161 e. The van der Waals surface area contributed by atoms with Crippen molar-refractivity contribution < 1.29 is 5.11 Å². The maximum atomic E-state index is 10.3. The fourth-order valence-electron chi connectivity index (χ4n) is 4.05. The van der Waals surface area contributed by atoms with Crippen LogP contribution in [-0.4, -0.2) is 58.3 Å². The lowest BCUT2D eigenvalue weighted by atomic mass is 9.91. The van der Waals surface area contributed by atoms with Crippen molar-refractivity contribution in [2.75, 3.05) is 31.1 Å². The summed E-state index contributed by atoms with van der Waals surface area (Å²) in [5, 5.41) is 10.3. The van der Waals surface area contributed by atoms with Gasteiger partial charge in [-0.05, 0) is 18.9 Å². The zero-order valence-corrected chi connectivity index (χ0v) is 14.6. The van der Waals surface area contributed by atoms with Crippen LogP contribution in [0.5, 0.6) is 0 Å². The maximum absolute atomic E-state index is 10.3. The van der Waals surface area contributed by atoms with E-state index in [4.69, 9.17) is 4.98 Å². The highest BCUT2D eigenvalue weighted by atomic mass is 16.3. The second-order valence-electron chi connectivity index (χ2n) is 7.05. The SMILES string of the molecule is OC1CCCCC1N1CCN(c2ccnc(-c3ccccc3)n2)CC1. The van der Waals surface area contributed by atoms with E-state index in [0.717, 1.165) is 56.2 Å². The molecule has 2 aromatic rings. The smallest absolute Gasteiger partial charge is 0.161 e. The normalized spacial score (nSPS) is 25.1. The molecule has 2 atom stereocenters. The molecule has 1 saturated heterocycles. The predicted molar refractivity (Wildman–Crippen MR) is 99.5 cm³/mol. The van der Waals surface area contributed by atoms with Gasteiger partial charge >= 0.3 is 0 Å². The number of piperazine rings is 1. The lowest BCUT2D eigenvalue weighted by molar-refractivity contribution is 0.0172. The first-order valence-electron chi connectivity index (χ1n) is 9.37. The molecule has 1 N–H and O–H groups in total. The zero-order valence-electron chi connectivity index (χ0n) is 14.6. The predicted octanol–water partition coefficient (Wildman–Crippen LogP) is 2.57. The number of rotatable bonds is 3. The van der Waals surface area contributed by atoms with Gasteiger partial charge in [0.15, 0.2) is 5.82 Å². The van der Waals surface area contributed by atoms with Crippen LogP contribution in [0.2, 0.25) is 0 Å². The molecule has 1 saturated carbocycles. The summed E-state index contributed by atoms with van der Waals surface area (Å²) < 4.78 is 0. The molecular formula is C20H26N4O. The quantitative estimate of drug-likeness (QED) is 0.932. The van der Waals surface area contributed by atoms with Crippen molar-refractivity contribution in [3.8, 4) is 11.4 Å². The van der Waals surface area contributed by atoms with Gasteiger partial charge in [0.2, 0.25) is 0 Å². The standard InChI is InChI=1S/C20H26N4O/c25-18-9-5-4-8-17(18)23-12-14-24(15-13-23)19-10-11-21-20(22-19)16-6-2-1-3-7-16/h1-3,6-7,10-11,17-18,25H,4-5,8-9,12-15H2. The number of hydrogen-bond acceptors (Lipinski definition) is 5. The molecule has 2 aliphatic rings. The largest absolute Gasteiger partial charge is 0.391 e. The molecule has 25 heavy (non-hydrogen) atoms. The zero-order chi connectivity index (χ0) is 17.1. The van der Waals surface area contributed by atoms with E-state index in [1.54, 1.807) is 0 Å². The Bertz CT molecular complexity index is 685. The second-order valence-corrected chi connectivity index (χ2v) is 7.05. The number of aliphatic hydroxyl groups excluding tert-OH is 1. The van der Waals surface area contributed by atoms with Gasteiger partial charge in [-0.2, -0.15) is 0 Å². The van der Waals surface area contributed by atoms with Crippen LogP contribution in [0.25, 0.3) is 11.4 Å². The highest BCUT2D eigenvalue weighted by molar-refractivity contribution is 5.57. The molecule has 5 heteroatoms. The second kappa shape index (κ2) is 7.50. The number of anilines is 1. The molecule has 4 rings (SSSR count). The van der Waals surface area contributed by atoms with Gasteiger partial charge in [-0.1, -0.05) is 43.2 Å². The molecule has 0 bridgehead atoms. The first-order valence-corrected chi connectivity index (χ1v) is 9.37. The van der Waals surface area contributed by atoms with Gasteiger partial charge in [-0.25, -0.2) is 9.97 Å². The lowest BCUT2D eigenvalue weighted by Crippen LogP contribution is -2.54. The van der Waals surface area contributed by atoms with Gasteiger partial charge < -0.3 is 10.0 Å². The molecule has 1 aliphatic heterocycles. The van der Waals surface area contributed by atoms with Crippen molar-refractivity contribution in [2.24, 2.45) is 0 Å². The minimum Gasteiger partial charge on any atom is -0.391 e. The summed E-state index contributed by atoms with van der Waals surface area (Å²) >= 11 is 0. The fourth-order valence-corrected chi connectivity index (χ4v) is 4.05. The van der Waals surface area contributed by atoms with E-state index in [9.17, 15) is 5.11 Å². The Balaban J connectivity index is 1.42. The van der Waals surface area contributed by atoms with Crippen molar-refractivity contribution in [1.82, 2.24) is 14.9 Å². The Kier molecular flexibility index (Phi) is 4.95. The van der Waals surface area contributed by atoms with Crippen LogP contribution in [0.3, 0.4) is 0 Å². The third-order valence-corrected chi connectivity index (χ3v) is 5.47. The van der Waals surface area contributed by atoms with Crippen LogP contribution in [0.1, 0.15) is 25.7 Å². The number of aliphatic hydroxyl groups is 1. The van der Waals surface area contributed by atoms with Crippen molar-refractivity contribution in [3.05, 3.63) is 42.6 Å². The van der Waals surface area contributed by atoms with Gasteiger partial charge in [0.1, 0.15) is 5.82 Å². The molecule has 2 unspecified atom stereocenters. The van der Waals surface area contributed by atoms with Gasteiger partial charge in [0.05, 0.1) is 6.10 Å². The number of hydrogen-bond donors (Lipinski definition) is 1. The molecule has 0 amide bonds. The first kappa shape index (κ1) is 16.5. The summed E-state index contributed by atoms with van der Waals surface area (Å²) in [7, 11) is 0. The minimum absolute atomic E-state index is 0.149. The van der Waals surface area contributed by atoms with Gasteiger partial charge in [-0.15, -0.1) is 0 Å². The van der Waals surface area contributed by atoms with Crippen molar-refractivity contribution in [3.63, 3.8) is 0 Å². The molecule has 1 aromatic heterocycles. The fraction of sp³-hybridized carbons (Fsp3) is 0.500. The Morgan fingerprint density at radius 1 is 0.920 bits per heavy atom. The number of nitrogens with zero attached hydrogens (tertiary/aromatic N) is 4. The van der Waals surface area contributed by atoms with Crippen LogP contribution in [0.4, 0.5) is 5.82 Å². The van der Waals surface area contributed by atoms with E-state index in [0.29, 0.717) is 6.04 Å². The van der Waals surface area contributed by atoms with Crippen LogP contribution in [0, 0.1) is 0 Å². The van der Waals surface area contributed by atoms with Gasteiger partial charge in [0, 0.05) is 44.0 Å². The first-order chi connectivity index (χ1) is 12.3. The summed E-state index contributed by atoms with van der Waals surface area (Å²) in [6.07, 6.45) is 6.20. The van der Waals surface area contributed by atoms with Gasteiger partial charge in [-0.3, -0.25) is 4.90 Å². The van der Waals surface area contributed by atoms with E-state index in [1.165, 1.54) is 12.8 Å². The Morgan fingerprint density at radius 2 is 1.68 bits per heavy atom. The van der Waals surface area contributed by atoms with Crippen LogP contribution in [0.15, 0.2) is 42.6 Å². The van der Waals surface area contributed by atoms with E-state index in [1.807, 2.05) is 42.6 Å². The topological polar surface area (TPSA) is 52.5 Å². The molecule has 0 spiro atoms. The van der Waals surface area contributed by atoms with E-state index in [2.05, 4.69) is 14.8 Å². The van der Waals surface area contributed by atoms with Crippen LogP contribution in [-0.2, 0) is 0 Å². The summed E-state index contributed by atoms with van der Waals surface area (Å²) in [6, 6.07) is 12.5. The van der Waals surface area contributed by atoms with E-state index in [-0.39, 0.29) is 6.10 Å².